The number of rotatable bonds is 2. The van der Waals surface area contributed by atoms with Gasteiger partial charge in [0.15, 0.2) is 0 Å². The molecule has 0 fully saturated rings. The van der Waals surface area contributed by atoms with Crippen LogP contribution in [0.1, 0.15) is 6.92 Å². The molecule has 0 atom stereocenters. The molecule has 0 saturated heterocycles. The number of urea groups is 1. The van der Waals surface area contributed by atoms with E-state index >= 15 is 0 Å². The van der Waals surface area contributed by atoms with Gasteiger partial charge in [0.1, 0.15) is 0 Å². The quantitative estimate of drug-likeness (QED) is 0.713. The molecule has 1 aromatic carbocycles. The van der Waals surface area contributed by atoms with Crippen LogP contribution in [0.15, 0.2) is 52.8 Å². The number of hydrogen-bond acceptors (Lipinski definition) is 2. The van der Waals surface area contributed by atoms with Gasteiger partial charge in [-0.15, -0.1) is 0 Å². The Morgan fingerprint density at radius 2 is 1.93 bits per heavy atom. The van der Waals surface area contributed by atoms with E-state index < -0.39 is 6.03 Å². The first-order valence-electron chi connectivity index (χ1n) is 4.12. The summed E-state index contributed by atoms with van der Waals surface area (Å²) in [6, 6.07) is 8.56. The Balaban J connectivity index is 2.54. The minimum Gasteiger partial charge on any atom is -0.305 e. The van der Waals surface area contributed by atoms with Crippen LogP contribution in [0.2, 0.25) is 0 Å². The topological polar surface area (TPSA) is 53.8 Å². The minimum absolute atomic E-state index is 0.494. The SMILES string of the molecule is C=C(C)/N=N\C(=O)Nc1ccccc1. The Labute approximate surface area is 82.4 Å². The molecule has 0 aliphatic heterocycles. The van der Waals surface area contributed by atoms with Crippen molar-refractivity contribution in [3.63, 3.8) is 0 Å². The molecule has 0 aromatic heterocycles. The first-order chi connectivity index (χ1) is 6.68. The summed E-state index contributed by atoms with van der Waals surface area (Å²) in [6.45, 7) is 5.16. The predicted molar refractivity (Wildman–Crippen MR) is 55.1 cm³/mol. The summed E-state index contributed by atoms with van der Waals surface area (Å²) in [7, 11) is 0. The van der Waals surface area contributed by atoms with Crippen molar-refractivity contribution in [3.8, 4) is 0 Å². The highest BCUT2D eigenvalue weighted by molar-refractivity contribution is 5.89. The van der Waals surface area contributed by atoms with E-state index in [1.165, 1.54) is 0 Å². The highest BCUT2D eigenvalue weighted by Gasteiger charge is 1.97. The largest absolute Gasteiger partial charge is 0.364 e. The van der Waals surface area contributed by atoms with Gasteiger partial charge in [-0.1, -0.05) is 29.9 Å². The number of azo groups is 1. The van der Waals surface area contributed by atoms with E-state index in [1.54, 1.807) is 19.1 Å². The molecule has 1 aromatic rings. The van der Waals surface area contributed by atoms with Crippen LogP contribution in [0, 0.1) is 0 Å². The number of amides is 2. The Morgan fingerprint density at radius 1 is 1.29 bits per heavy atom. The number of para-hydroxylation sites is 1. The summed E-state index contributed by atoms with van der Waals surface area (Å²) in [5, 5.41) is 9.49. The Bertz CT molecular complexity index is 357. The molecule has 0 unspecified atom stereocenters. The van der Waals surface area contributed by atoms with Gasteiger partial charge < -0.3 is 5.32 Å². The van der Waals surface area contributed by atoms with Crippen LogP contribution in [-0.4, -0.2) is 6.03 Å². The van der Waals surface area contributed by atoms with Gasteiger partial charge in [0.25, 0.3) is 0 Å². The van der Waals surface area contributed by atoms with Crippen molar-refractivity contribution < 1.29 is 4.79 Å². The summed E-state index contributed by atoms with van der Waals surface area (Å²) < 4.78 is 0. The van der Waals surface area contributed by atoms with Gasteiger partial charge in [0, 0.05) is 5.69 Å². The number of allylic oxidation sites excluding steroid dienone is 1. The predicted octanol–water partition coefficient (Wildman–Crippen LogP) is 3.20. The number of nitrogens with one attached hydrogen (secondary N) is 1. The molecule has 0 bridgehead atoms. The van der Waals surface area contributed by atoms with Gasteiger partial charge in [0.05, 0.1) is 5.70 Å². The molecule has 4 nitrogen and oxygen atoms in total. The molecule has 4 heteroatoms. The lowest BCUT2D eigenvalue weighted by Crippen LogP contribution is -2.04. The van der Waals surface area contributed by atoms with Crippen LogP contribution in [0.25, 0.3) is 0 Å². The van der Waals surface area contributed by atoms with Crippen molar-refractivity contribution in [2.45, 2.75) is 6.92 Å². The molecule has 0 spiro atoms. The summed E-state index contributed by atoms with van der Waals surface area (Å²) >= 11 is 0. The molecule has 1 rings (SSSR count). The Morgan fingerprint density at radius 3 is 2.50 bits per heavy atom. The second-order valence-electron chi connectivity index (χ2n) is 2.73. The number of anilines is 1. The second kappa shape index (κ2) is 4.91. The maximum atomic E-state index is 11.1. The zero-order valence-electron chi connectivity index (χ0n) is 7.90. The van der Waals surface area contributed by atoms with E-state index in [0.29, 0.717) is 11.4 Å². The molecule has 0 aliphatic carbocycles. The summed E-state index contributed by atoms with van der Waals surface area (Å²) in [5.74, 6) is 0. The van der Waals surface area contributed by atoms with Gasteiger partial charge >= 0.3 is 6.03 Å². The molecule has 72 valence electrons. The zero-order chi connectivity index (χ0) is 10.4. The standard InChI is InChI=1S/C10H11N3O/c1-8(2)12-13-10(14)11-9-6-4-3-5-7-9/h3-7H,1H2,2H3,(H,11,14)/b13-12-. The van der Waals surface area contributed by atoms with Crippen LogP contribution in [-0.2, 0) is 0 Å². The lowest BCUT2D eigenvalue weighted by Gasteiger charge is -1.98. The number of nitrogens with zero attached hydrogens (tertiary/aromatic N) is 2. The summed E-state index contributed by atoms with van der Waals surface area (Å²) in [4.78, 5) is 11.1. The molecular formula is C10H11N3O. The van der Waals surface area contributed by atoms with Crippen molar-refractivity contribution in [1.82, 2.24) is 0 Å². The average molecular weight is 189 g/mol. The maximum absolute atomic E-state index is 11.1. The molecular weight excluding hydrogens is 178 g/mol. The van der Waals surface area contributed by atoms with Gasteiger partial charge in [0.2, 0.25) is 0 Å². The van der Waals surface area contributed by atoms with Gasteiger partial charge in [-0.2, -0.15) is 5.11 Å². The van der Waals surface area contributed by atoms with Crippen LogP contribution in [0.5, 0.6) is 0 Å². The monoisotopic (exact) mass is 189 g/mol. The first-order valence-corrected chi connectivity index (χ1v) is 4.12. The van der Waals surface area contributed by atoms with E-state index in [4.69, 9.17) is 0 Å². The third-order valence-corrected chi connectivity index (χ3v) is 1.34. The fourth-order valence-electron chi connectivity index (χ4n) is 0.801. The van der Waals surface area contributed by atoms with Crippen LogP contribution < -0.4 is 5.32 Å². The fraction of sp³-hybridized carbons (Fsp3) is 0.100. The average Bonchev–Trinajstić information content (AvgIpc) is 2.16. The van der Waals surface area contributed by atoms with Crippen LogP contribution in [0.4, 0.5) is 10.5 Å². The number of hydrogen-bond donors (Lipinski definition) is 1. The van der Waals surface area contributed by atoms with Crippen molar-refractivity contribution in [2.75, 3.05) is 5.32 Å². The molecule has 14 heavy (non-hydrogen) atoms. The van der Waals surface area contributed by atoms with Crippen LogP contribution >= 0.6 is 0 Å². The molecule has 0 radical (unpaired) electrons. The molecule has 2 amide bonds. The third kappa shape index (κ3) is 3.62. The van der Waals surface area contributed by atoms with Crippen molar-refractivity contribution in [1.29, 1.82) is 0 Å². The lowest BCUT2D eigenvalue weighted by atomic mass is 10.3. The molecule has 0 saturated carbocycles. The summed E-state index contributed by atoms with van der Waals surface area (Å²) in [5.41, 5.74) is 1.19. The minimum atomic E-state index is -0.501. The second-order valence-corrected chi connectivity index (χ2v) is 2.73. The van der Waals surface area contributed by atoms with Crippen molar-refractivity contribution in [2.24, 2.45) is 10.2 Å². The Kier molecular flexibility index (Phi) is 3.55. The van der Waals surface area contributed by atoms with Crippen LogP contribution in [0.3, 0.4) is 0 Å². The van der Waals surface area contributed by atoms with Gasteiger partial charge in [-0.3, -0.25) is 0 Å². The third-order valence-electron chi connectivity index (χ3n) is 1.34. The summed E-state index contributed by atoms with van der Waals surface area (Å²) in [6.07, 6.45) is 0. The first kappa shape index (κ1) is 10.1. The highest BCUT2D eigenvalue weighted by atomic mass is 16.2. The van der Waals surface area contributed by atoms with Crippen molar-refractivity contribution in [3.05, 3.63) is 42.6 Å². The normalized spacial score (nSPS) is 10.1. The highest BCUT2D eigenvalue weighted by Crippen LogP contribution is 2.05. The fourth-order valence-corrected chi connectivity index (χ4v) is 0.801. The maximum Gasteiger partial charge on any atom is 0.364 e. The van der Waals surface area contributed by atoms with E-state index in [-0.39, 0.29) is 0 Å². The van der Waals surface area contributed by atoms with E-state index in [9.17, 15) is 4.79 Å². The Hall–Kier alpha value is -1.97. The lowest BCUT2D eigenvalue weighted by molar-refractivity contribution is 0.258. The number of benzene rings is 1. The van der Waals surface area contributed by atoms with Crippen molar-refractivity contribution >= 4 is 11.7 Å². The smallest absolute Gasteiger partial charge is 0.305 e. The van der Waals surface area contributed by atoms with Gasteiger partial charge in [-0.05, 0) is 19.1 Å². The molecule has 1 N–H and O–H groups in total. The van der Waals surface area contributed by atoms with Gasteiger partial charge in [-0.25, -0.2) is 4.79 Å². The van der Waals surface area contributed by atoms with E-state index in [2.05, 4.69) is 22.1 Å². The number of carbonyl (C=O) groups is 1. The van der Waals surface area contributed by atoms with E-state index in [0.717, 1.165) is 0 Å². The van der Waals surface area contributed by atoms with E-state index in [1.807, 2.05) is 18.2 Å². The number of carbonyl (C=O) groups excluding carboxylic acids is 1. The molecule has 0 aliphatic rings. The zero-order valence-corrected chi connectivity index (χ0v) is 7.90. The molecule has 0 heterocycles.